The number of hydrogen-bond donors (Lipinski definition) is 8. The minimum Gasteiger partial charge on any atom is -0.479 e. The maximum atomic E-state index is 10.9. The Morgan fingerprint density at radius 1 is 0.897 bits per heavy atom. The lowest BCUT2D eigenvalue weighted by Crippen LogP contribution is -2.63. The Morgan fingerprint density at radius 3 is 1.46 bits per heavy atom. The zero-order valence-electron chi connectivity index (χ0n) is 23.0. The van der Waals surface area contributed by atoms with Crippen LogP contribution in [0.4, 0.5) is 0 Å². The SMILES string of the molecule is CC1(C)OC[C@@H]([C@H](N)CO)O1.CCOC(=O)[C@H](O)[C@@H](O)C(=O)OCC.CC[C@](O)(C(=O)O)[C@](O)(CC)C(=O)O. The van der Waals surface area contributed by atoms with Gasteiger partial charge in [-0.2, -0.15) is 0 Å². The fourth-order valence-electron chi connectivity index (χ4n) is 3.00. The van der Waals surface area contributed by atoms with Gasteiger partial charge >= 0.3 is 23.9 Å². The number of rotatable bonds is 12. The van der Waals surface area contributed by atoms with Gasteiger partial charge in [-0.1, -0.05) is 13.8 Å². The van der Waals surface area contributed by atoms with Gasteiger partial charge in [0.25, 0.3) is 0 Å². The number of nitrogens with two attached hydrogens (primary N) is 1. The topological polar surface area (TPSA) is 273 Å². The molecular formula is C23H43NO15. The van der Waals surface area contributed by atoms with E-state index in [9.17, 15) is 29.4 Å². The highest BCUT2D eigenvalue weighted by Crippen LogP contribution is 2.30. The summed E-state index contributed by atoms with van der Waals surface area (Å²) in [7, 11) is 0. The molecule has 6 atom stereocenters. The first kappa shape index (κ1) is 38.7. The molecule has 0 bridgehead atoms. The second-order valence-corrected chi connectivity index (χ2v) is 8.65. The van der Waals surface area contributed by atoms with Gasteiger partial charge in [-0.3, -0.25) is 0 Å². The van der Waals surface area contributed by atoms with Crippen LogP contribution in [-0.2, 0) is 38.1 Å². The first-order valence-corrected chi connectivity index (χ1v) is 12.1. The summed E-state index contributed by atoms with van der Waals surface area (Å²) in [5.41, 5.74) is 0.226. The summed E-state index contributed by atoms with van der Waals surface area (Å²) in [6.07, 6.45) is -4.74. The van der Waals surface area contributed by atoms with Crippen molar-refractivity contribution in [1.29, 1.82) is 0 Å². The van der Waals surface area contributed by atoms with Crippen molar-refractivity contribution >= 4 is 23.9 Å². The molecule has 0 unspecified atom stereocenters. The predicted octanol–water partition coefficient (Wildman–Crippen LogP) is -2.27. The second-order valence-electron chi connectivity index (χ2n) is 8.65. The van der Waals surface area contributed by atoms with Crippen LogP contribution >= 0.6 is 0 Å². The minimum absolute atomic E-state index is 0.0610. The van der Waals surface area contributed by atoms with Crippen LogP contribution in [-0.4, -0.2) is 127 Å². The average molecular weight is 574 g/mol. The van der Waals surface area contributed by atoms with Gasteiger partial charge in [0.2, 0.25) is 11.2 Å². The Balaban J connectivity index is 0. The Hall–Kier alpha value is -2.44. The molecule has 16 heteroatoms. The van der Waals surface area contributed by atoms with E-state index >= 15 is 0 Å². The second kappa shape index (κ2) is 17.3. The highest BCUT2D eigenvalue weighted by atomic mass is 16.7. The molecule has 1 heterocycles. The van der Waals surface area contributed by atoms with E-state index in [-0.39, 0.29) is 44.8 Å². The summed E-state index contributed by atoms with van der Waals surface area (Å²) in [6, 6.07) is -0.336. The molecule has 1 aliphatic rings. The summed E-state index contributed by atoms with van der Waals surface area (Å²) in [4.78, 5) is 43.1. The van der Waals surface area contributed by atoms with Crippen LogP contribution in [0, 0.1) is 0 Å². The molecular weight excluding hydrogens is 530 g/mol. The first-order chi connectivity index (χ1) is 17.8. The summed E-state index contributed by atoms with van der Waals surface area (Å²) in [6.45, 7) is 9.85. The van der Waals surface area contributed by atoms with Crippen molar-refractivity contribution in [2.75, 3.05) is 26.4 Å². The lowest BCUT2D eigenvalue weighted by Gasteiger charge is -2.35. The van der Waals surface area contributed by atoms with E-state index in [1.807, 2.05) is 13.8 Å². The van der Waals surface area contributed by atoms with Gasteiger partial charge in [-0.25, -0.2) is 19.2 Å². The van der Waals surface area contributed by atoms with Gasteiger partial charge in [0.1, 0.15) is 6.10 Å². The quantitative estimate of drug-likeness (QED) is 0.114. The Bertz CT molecular complexity index is 743. The van der Waals surface area contributed by atoms with Crippen LogP contribution in [0.15, 0.2) is 0 Å². The number of ether oxygens (including phenoxy) is 4. The molecule has 230 valence electrons. The molecule has 1 fully saturated rings. The number of carbonyl (C=O) groups is 4. The summed E-state index contributed by atoms with van der Waals surface area (Å²) in [5, 5.41) is 63.3. The minimum atomic E-state index is -2.66. The van der Waals surface area contributed by atoms with Crippen molar-refractivity contribution in [3.05, 3.63) is 0 Å². The van der Waals surface area contributed by atoms with E-state index in [0.29, 0.717) is 6.61 Å². The van der Waals surface area contributed by atoms with Crippen molar-refractivity contribution in [2.45, 2.75) is 95.7 Å². The van der Waals surface area contributed by atoms with E-state index in [1.54, 1.807) is 13.8 Å². The van der Waals surface area contributed by atoms with Gasteiger partial charge in [0.15, 0.2) is 18.0 Å². The lowest BCUT2D eigenvalue weighted by atomic mass is 9.79. The third kappa shape index (κ3) is 11.3. The van der Waals surface area contributed by atoms with Gasteiger partial charge in [0, 0.05) is 0 Å². The summed E-state index contributed by atoms with van der Waals surface area (Å²) < 4.78 is 19.4. The van der Waals surface area contributed by atoms with E-state index in [4.69, 9.17) is 40.7 Å². The molecule has 0 radical (unpaired) electrons. The lowest BCUT2D eigenvalue weighted by molar-refractivity contribution is -0.208. The molecule has 0 aliphatic carbocycles. The van der Waals surface area contributed by atoms with E-state index in [2.05, 4.69) is 9.47 Å². The number of carboxylic acids is 2. The standard InChI is InChI=1S/2C8H14O6.C7H15NO3/c1-3-7(13,5(9)10)8(14,4-2)6(11)12;1-3-13-7(11)5(9)6(10)8(12)14-4-2;1-7(2)10-4-6(11-7)5(8)3-9/h13-14H,3-4H2,1-2H3,(H,9,10)(H,11,12);5-6,9-10H,3-4H2,1-2H3;5-6,9H,3-4,8H2,1-2H3/t7-,8-;5-,6-;5-,6+/m011/s1. The Kier molecular flexibility index (Phi) is 17.2. The Morgan fingerprint density at radius 2 is 1.26 bits per heavy atom. The van der Waals surface area contributed by atoms with Crippen LogP contribution in [0.2, 0.25) is 0 Å². The highest BCUT2D eigenvalue weighted by Gasteiger charge is 2.58. The molecule has 1 rings (SSSR count). The number of aliphatic hydroxyl groups is 5. The zero-order chi connectivity index (χ0) is 31.2. The largest absolute Gasteiger partial charge is 0.479 e. The maximum absolute atomic E-state index is 10.9. The van der Waals surface area contributed by atoms with Crippen molar-refractivity contribution < 1.29 is 73.9 Å². The Labute approximate surface area is 226 Å². The van der Waals surface area contributed by atoms with Crippen molar-refractivity contribution in [3.8, 4) is 0 Å². The van der Waals surface area contributed by atoms with E-state index in [0.717, 1.165) is 0 Å². The molecule has 0 aromatic carbocycles. The molecule has 0 aromatic heterocycles. The molecule has 16 nitrogen and oxygen atoms in total. The fraction of sp³-hybridized carbons (Fsp3) is 0.826. The number of carbonyl (C=O) groups excluding carboxylic acids is 2. The normalized spacial score (nSPS) is 21.2. The molecule has 39 heavy (non-hydrogen) atoms. The highest BCUT2D eigenvalue weighted by molar-refractivity contribution is 5.90. The average Bonchev–Trinajstić information content (AvgIpc) is 3.26. The molecule has 0 saturated carbocycles. The van der Waals surface area contributed by atoms with Crippen LogP contribution in [0.5, 0.6) is 0 Å². The van der Waals surface area contributed by atoms with Gasteiger partial charge < -0.3 is 60.4 Å². The van der Waals surface area contributed by atoms with Crippen LogP contribution in [0.3, 0.4) is 0 Å². The number of esters is 2. The predicted molar refractivity (Wildman–Crippen MR) is 131 cm³/mol. The maximum Gasteiger partial charge on any atom is 0.339 e. The van der Waals surface area contributed by atoms with Crippen LogP contribution < -0.4 is 5.73 Å². The summed E-state index contributed by atoms with van der Waals surface area (Å²) >= 11 is 0. The van der Waals surface area contributed by atoms with Gasteiger partial charge in [0.05, 0.1) is 32.5 Å². The van der Waals surface area contributed by atoms with Crippen molar-refractivity contribution in [3.63, 3.8) is 0 Å². The molecule has 0 spiro atoms. The van der Waals surface area contributed by atoms with E-state index in [1.165, 1.54) is 13.8 Å². The first-order valence-electron chi connectivity index (χ1n) is 12.1. The smallest absolute Gasteiger partial charge is 0.339 e. The fourth-order valence-corrected chi connectivity index (χ4v) is 3.00. The number of aliphatic carboxylic acids is 2. The number of hydrogen-bond acceptors (Lipinski definition) is 14. The third-order valence-electron chi connectivity index (χ3n) is 5.49. The molecule has 0 aromatic rings. The monoisotopic (exact) mass is 573 g/mol. The molecule has 1 aliphatic heterocycles. The van der Waals surface area contributed by atoms with Gasteiger partial charge in [-0.05, 0) is 40.5 Å². The molecule has 9 N–H and O–H groups in total. The molecule has 1 saturated heterocycles. The third-order valence-corrected chi connectivity index (χ3v) is 5.49. The van der Waals surface area contributed by atoms with Gasteiger partial charge in [-0.15, -0.1) is 0 Å². The van der Waals surface area contributed by atoms with E-state index < -0.39 is 53.1 Å². The van der Waals surface area contributed by atoms with Crippen LogP contribution in [0.25, 0.3) is 0 Å². The molecule has 0 amide bonds. The zero-order valence-corrected chi connectivity index (χ0v) is 23.0. The van der Waals surface area contributed by atoms with Crippen LogP contribution in [0.1, 0.15) is 54.4 Å². The number of carboxylic acid groups (broad SMARTS) is 2. The number of aliphatic hydroxyl groups excluding tert-OH is 3. The van der Waals surface area contributed by atoms with Crippen molar-refractivity contribution in [2.24, 2.45) is 5.73 Å². The van der Waals surface area contributed by atoms with Crippen molar-refractivity contribution in [1.82, 2.24) is 0 Å². The summed E-state index contributed by atoms with van der Waals surface area (Å²) in [5.74, 6) is -6.13.